The minimum absolute atomic E-state index is 0.147. The van der Waals surface area contributed by atoms with Crippen molar-refractivity contribution in [3.8, 4) is 0 Å². The summed E-state index contributed by atoms with van der Waals surface area (Å²) in [5, 5.41) is 10.8. The molecule has 0 radical (unpaired) electrons. The fourth-order valence-electron chi connectivity index (χ4n) is 2.79. The number of benzene rings is 3. The fourth-order valence-corrected chi connectivity index (χ4v) is 2.79. The molecule has 0 aliphatic rings. The van der Waals surface area contributed by atoms with Crippen molar-refractivity contribution in [3.63, 3.8) is 0 Å². The van der Waals surface area contributed by atoms with Crippen LogP contribution in [0.15, 0.2) is 66.7 Å². The predicted molar refractivity (Wildman–Crippen MR) is 105 cm³/mol. The first-order valence-electron chi connectivity index (χ1n) is 8.46. The molecule has 26 heavy (non-hydrogen) atoms. The number of anilines is 2. The number of hydrogen-bond donors (Lipinski definition) is 3. The summed E-state index contributed by atoms with van der Waals surface area (Å²) in [4.78, 5) is 24.3. The Kier molecular flexibility index (Phi) is 5.17. The summed E-state index contributed by atoms with van der Waals surface area (Å²) in [6, 6.07) is 20.3. The van der Waals surface area contributed by atoms with Gasteiger partial charge < -0.3 is 16.0 Å². The molecule has 5 heteroatoms. The van der Waals surface area contributed by atoms with Gasteiger partial charge in [-0.05, 0) is 36.6 Å². The molecule has 132 valence electrons. The van der Waals surface area contributed by atoms with Crippen LogP contribution in [0.5, 0.6) is 0 Å². The van der Waals surface area contributed by atoms with Gasteiger partial charge in [0.05, 0.1) is 0 Å². The van der Waals surface area contributed by atoms with Gasteiger partial charge in [0.1, 0.15) is 6.04 Å². The van der Waals surface area contributed by atoms with Crippen LogP contribution in [-0.2, 0) is 4.79 Å². The molecule has 1 unspecified atom stereocenters. The van der Waals surface area contributed by atoms with Crippen LogP contribution in [0.1, 0.15) is 17.3 Å². The number of carbonyl (C=O) groups excluding carboxylic acids is 2. The van der Waals surface area contributed by atoms with Crippen molar-refractivity contribution in [1.29, 1.82) is 0 Å². The van der Waals surface area contributed by atoms with Crippen molar-refractivity contribution in [3.05, 3.63) is 72.3 Å². The van der Waals surface area contributed by atoms with E-state index in [1.165, 1.54) is 0 Å². The molecule has 0 saturated carbocycles. The van der Waals surface area contributed by atoms with Gasteiger partial charge in [-0.25, -0.2) is 0 Å². The van der Waals surface area contributed by atoms with Crippen LogP contribution >= 0.6 is 0 Å². The average Bonchev–Trinajstić information content (AvgIpc) is 2.67. The Hall–Kier alpha value is -3.34. The first-order valence-corrected chi connectivity index (χ1v) is 8.46. The van der Waals surface area contributed by atoms with Crippen LogP contribution in [0.4, 0.5) is 11.4 Å². The molecule has 1 atom stereocenters. The number of carbonyl (C=O) groups is 2. The Balaban J connectivity index is 1.73. The zero-order valence-corrected chi connectivity index (χ0v) is 14.7. The molecule has 3 aromatic rings. The summed E-state index contributed by atoms with van der Waals surface area (Å²) in [6.45, 7) is 1.78. The molecule has 0 bridgehead atoms. The van der Waals surface area contributed by atoms with Gasteiger partial charge in [0, 0.05) is 29.4 Å². The van der Waals surface area contributed by atoms with E-state index in [1.807, 2.05) is 48.5 Å². The summed E-state index contributed by atoms with van der Waals surface area (Å²) < 4.78 is 0. The fraction of sp³-hybridized carbons (Fsp3) is 0.143. The molecule has 0 aromatic heterocycles. The lowest BCUT2D eigenvalue weighted by atomic mass is 10.1. The molecule has 2 amide bonds. The normalized spacial score (nSPS) is 11.6. The van der Waals surface area contributed by atoms with Crippen molar-refractivity contribution in [2.45, 2.75) is 13.0 Å². The molecular formula is C21H21N3O2. The van der Waals surface area contributed by atoms with Gasteiger partial charge in [-0.1, -0.05) is 42.5 Å². The lowest BCUT2D eigenvalue weighted by Gasteiger charge is -2.17. The highest BCUT2D eigenvalue weighted by atomic mass is 16.2. The number of rotatable bonds is 5. The molecule has 0 spiro atoms. The Morgan fingerprint density at radius 1 is 0.923 bits per heavy atom. The largest absolute Gasteiger partial charge is 0.374 e. The minimum Gasteiger partial charge on any atom is -0.374 e. The van der Waals surface area contributed by atoms with Gasteiger partial charge in [0.15, 0.2) is 0 Å². The van der Waals surface area contributed by atoms with Crippen LogP contribution < -0.4 is 16.0 Å². The maximum Gasteiger partial charge on any atom is 0.251 e. The van der Waals surface area contributed by atoms with Crippen LogP contribution in [0.3, 0.4) is 0 Å². The second-order valence-corrected chi connectivity index (χ2v) is 6.04. The van der Waals surface area contributed by atoms with Crippen LogP contribution in [0.25, 0.3) is 10.8 Å². The van der Waals surface area contributed by atoms with E-state index < -0.39 is 6.04 Å². The number of amides is 2. The van der Waals surface area contributed by atoms with Gasteiger partial charge in [0.2, 0.25) is 5.91 Å². The monoisotopic (exact) mass is 347 g/mol. The van der Waals surface area contributed by atoms with E-state index in [-0.39, 0.29) is 11.8 Å². The lowest BCUT2D eigenvalue weighted by molar-refractivity contribution is -0.116. The van der Waals surface area contributed by atoms with Crippen molar-refractivity contribution < 1.29 is 9.59 Å². The Bertz CT molecular complexity index is 947. The Labute approximate surface area is 152 Å². The third-order valence-electron chi connectivity index (χ3n) is 4.18. The van der Waals surface area contributed by atoms with E-state index >= 15 is 0 Å². The van der Waals surface area contributed by atoms with Crippen molar-refractivity contribution in [2.24, 2.45) is 0 Å². The molecule has 3 rings (SSSR count). The van der Waals surface area contributed by atoms with Crippen molar-refractivity contribution in [2.75, 3.05) is 17.7 Å². The second-order valence-electron chi connectivity index (χ2n) is 6.04. The summed E-state index contributed by atoms with van der Waals surface area (Å²) in [7, 11) is 1.59. The average molecular weight is 347 g/mol. The van der Waals surface area contributed by atoms with E-state index in [0.29, 0.717) is 11.3 Å². The third-order valence-corrected chi connectivity index (χ3v) is 4.18. The number of fused-ring (bicyclic) bond motifs is 1. The predicted octanol–water partition coefficient (Wildman–Crippen LogP) is 3.64. The SMILES string of the molecule is CNC(=O)c1cccc(NC(C)C(=O)Nc2cccc3ccccc23)c1. The molecule has 0 aliphatic heterocycles. The molecular weight excluding hydrogens is 326 g/mol. The highest BCUT2D eigenvalue weighted by molar-refractivity contribution is 6.04. The van der Waals surface area contributed by atoms with Gasteiger partial charge >= 0.3 is 0 Å². The van der Waals surface area contributed by atoms with Crippen LogP contribution in [0.2, 0.25) is 0 Å². The van der Waals surface area contributed by atoms with Gasteiger partial charge in [-0.3, -0.25) is 9.59 Å². The van der Waals surface area contributed by atoms with E-state index in [1.54, 1.807) is 32.2 Å². The number of nitrogens with one attached hydrogen (secondary N) is 3. The summed E-state index contributed by atoms with van der Waals surface area (Å²) in [5.41, 5.74) is 2.03. The number of hydrogen-bond acceptors (Lipinski definition) is 3. The van der Waals surface area contributed by atoms with Gasteiger partial charge in [-0.15, -0.1) is 0 Å². The van der Waals surface area contributed by atoms with E-state index in [0.717, 1.165) is 16.5 Å². The van der Waals surface area contributed by atoms with Crippen LogP contribution in [0, 0.1) is 0 Å². The molecule has 5 nitrogen and oxygen atoms in total. The maximum absolute atomic E-state index is 12.6. The molecule has 0 saturated heterocycles. The quantitative estimate of drug-likeness (QED) is 0.660. The molecule has 3 N–H and O–H groups in total. The van der Waals surface area contributed by atoms with Crippen molar-refractivity contribution in [1.82, 2.24) is 5.32 Å². The van der Waals surface area contributed by atoms with Gasteiger partial charge in [-0.2, -0.15) is 0 Å². The topological polar surface area (TPSA) is 70.2 Å². The van der Waals surface area contributed by atoms with Crippen molar-refractivity contribution >= 4 is 34.0 Å². The lowest BCUT2D eigenvalue weighted by Crippen LogP contribution is -2.32. The maximum atomic E-state index is 12.6. The van der Waals surface area contributed by atoms with E-state index in [2.05, 4.69) is 16.0 Å². The third kappa shape index (κ3) is 3.83. The zero-order valence-electron chi connectivity index (χ0n) is 14.7. The Morgan fingerprint density at radius 3 is 2.46 bits per heavy atom. The van der Waals surface area contributed by atoms with E-state index in [9.17, 15) is 9.59 Å². The molecule has 0 aliphatic carbocycles. The highest BCUT2D eigenvalue weighted by Crippen LogP contribution is 2.23. The molecule has 3 aromatic carbocycles. The van der Waals surface area contributed by atoms with Crippen LogP contribution in [-0.4, -0.2) is 24.9 Å². The smallest absolute Gasteiger partial charge is 0.251 e. The standard InChI is InChI=1S/C21H21N3O2/c1-14(23-17-10-5-9-16(13-17)21(26)22-2)20(25)24-19-12-6-8-15-7-3-4-11-18(15)19/h3-14,23H,1-2H3,(H,22,26)(H,24,25). The summed E-state index contributed by atoms with van der Waals surface area (Å²) in [5.74, 6) is -0.312. The first-order chi connectivity index (χ1) is 12.6. The highest BCUT2D eigenvalue weighted by Gasteiger charge is 2.14. The molecule has 0 heterocycles. The minimum atomic E-state index is -0.464. The van der Waals surface area contributed by atoms with Gasteiger partial charge in [0.25, 0.3) is 5.91 Å². The second kappa shape index (κ2) is 7.70. The first kappa shape index (κ1) is 17.5. The van der Waals surface area contributed by atoms with E-state index in [4.69, 9.17) is 0 Å². The summed E-state index contributed by atoms with van der Waals surface area (Å²) >= 11 is 0. The molecule has 0 fully saturated rings. The Morgan fingerprint density at radius 2 is 1.65 bits per heavy atom. The summed E-state index contributed by atoms with van der Waals surface area (Å²) in [6.07, 6.45) is 0. The zero-order chi connectivity index (χ0) is 18.5.